The van der Waals surface area contributed by atoms with Crippen LogP contribution >= 0.6 is 0 Å². The molecule has 0 N–H and O–H groups in total. The maximum atomic E-state index is 8.66. The molecular formula is C14H11NO. The molecule has 2 aromatic carbocycles. The van der Waals surface area contributed by atoms with E-state index in [4.69, 9.17) is 10.00 Å². The number of ether oxygens (including phenoxy) is 1. The molecule has 2 rings (SSSR count). The van der Waals surface area contributed by atoms with Gasteiger partial charge in [0, 0.05) is 0 Å². The van der Waals surface area contributed by atoms with Crippen LogP contribution in [0.15, 0.2) is 48.5 Å². The van der Waals surface area contributed by atoms with Crippen molar-refractivity contribution in [2.45, 2.75) is 6.92 Å². The zero-order valence-electron chi connectivity index (χ0n) is 8.97. The number of hydrogen-bond acceptors (Lipinski definition) is 2. The molecule has 0 unspecified atom stereocenters. The molecule has 0 amide bonds. The second-order valence-corrected chi connectivity index (χ2v) is 3.55. The lowest BCUT2D eigenvalue weighted by Gasteiger charge is -2.05. The minimum absolute atomic E-state index is 0.635. The summed E-state index contributed by atoms with van der Waals surface area (Å²) in [6, 6.07) is 17.0. The summed E-state index contributed by atoms with van der Waals surface area (Å²) in [5, 5.41) is 8.66. The Balaban J connectivity index is 2.15. The van der Waals surface area contributed by atoms with E-state index >= 15 is 0 Å². The quantitative estimate of drug-likeness (QED) is 0.756. The molecule has 2 aromatic rings. The smallest absolute Gasteiger partial charge is 0.127 e. The number of nitrogens with zero attached hydrogens (tertiary/aromatic N) is 1. The van der Waals surface area contributed by atoms with Gasteiger partial charge in [0.1, 0.15) is 11.5 Å². The molecule has 0 saturated heterocycles. The molecule has 0 fully saturated rings. The summed E-state index contributed by atoms with van der Waals surface area (Å²) in [5.74, 6) is 1.54. The van der Waals surface area contributed by atoms with Gasteiger partial charge < -0.3 is 4.74 Å². The van der Waals surface area contributed by atoms with E-state index in [0.717, 1.165) is 11.5 Å². The Bertz CT molecular complexity index is 506. The Morgan fingerprint density at radius 3 is 1.88 bits per heavy atom. The van der Waals surface area contributed by atoms with Crippen LogP contribution in [0.2, 0.25) is 0 Å². The van der Waals surface area contributed by atoms with Crippen LogP contribution < -0.4 is 4.74 Å². The van der Waals surface area contributed by atoms with Crippen LogP contribution in [0.25, 0.3) is 0 Å². The Morgan fingerprint density at radius 2 is 1.38 bits per heavy atom. The van der Waals surface area contributed by atoms with Crippen molar-refractivity contribution in [3.8, 4) is 17.6 Å². The van der Waals surface area contributed by atoms with Gasteiger partial charge in [-0.15, -0.1) is 0 Å². The lowest BCUT2D eigenvalue weighted by molar-refractivity contribution is 0.482. The van der Waals surface area contributed by atoms with E-state index in [0.29, 0.717) is 5.56 Å². The van der Waals surface area contributed by atoms with Crippen molar-refractivity contribution in [2.75, 3.05) is 0 Å². The highest BCUT2D eigenvalue weighted by molar-refractivity contribution is 5.37. The molecule has 78 valence electrons. The summed E-state index contributed by atoms with van der Waals surface area (Å²) >= 11 is 0. The summed E-state index contributed by atoms with van der Waals surface area (Å²) in [7, 11) is 0. The highest BCUT2D eigenvalue weighted by Crippen LogP contribution is 2.21. The van der Waals surface area contributed by atoms with Crippen molar-refractivity contribution in [3.63, 3.8) is 0 Å². The molecule has 0 spiro atoms. The van der Waals surface area contributed by atoms with Gasteiger partial charge in [0.05, 0.1) is 11.6 Å². The second-order valence-electron chi connectivity index (χ2n) is 3.55. The van der Waals surface area contributed by atoms with Gasteiger partial charge in [0.15, 0.2) is 0 Å². The van der Waals surface area contributed by atoms with Gasteiger partial charge in [-0.05, 0) is 43.3 Å². The molecule has 0 heterocycles. The second kappa shape index (κ2) is 4.50. The van der Waals surface area contributed by atoms with Gasteiger partial charge in [-0.3, -0.25) is 0 Å². The summed E-state index contributed by atoms with van der Waals surface area (Å²) in [4.78, 5) is 0. The fourth-order valence-electron chi connectivity index (χ4n) is 1.34. The number of hydrogen-bond donors (Lipinski definition) is 0. The molecular weight excluding hydrogens is 198 g/mol. The van der Waals surface area contributed by atoms with Crippen LogP contribution in [0, 0.1) is 18.3 Å². The largest absolute Gasteiger partial charge is 0.457 e. The van der Waals surface area contributed by atoms with Crippen molar-refractivity contribution < 1.29 is 4.74 Å². The molecule has 0 aliphatic heterocycles. The summed E-state index contributed by atoms with van der Waals surface area (Å²) < 4.78 is 5.62. The van der Waals surface area contributed by atoms with Gasteiger partial charge in [-0.25, -0.2) is 0 Å². The van der Waals surface area contributed by atoms with Crippen LogP contribution in [0.4, 0.5) is 0 Å². The van der Waals surface area contributed by atoms with Crippen molar-refractivity contribution in [1.82, 2.24) is 0 Å². The van der Waals surface area contributed by atoms with Gasteiger partial charge in [0.2, 0.25) is 0 Å². The predicted molar refractivity (Wildman–Crippen MR) is 62.4 cm³/mol. The third-order valence-corrected chi connectivity index (χ3v) is 2.24. The fourth-order valence-corrected chi connectivity index (χ4v) is 1.34. The minimum Gasteiger partial charge on any atom is -0.457 e. The first-order chi connectivity index (χ1) is 7.78. The number of nitriles is 1. The van der Waals surface area contributed by atoms with Crippen molar-refractivity contribution in [3.05, 3.63) is 59.7 Å². The highest BCUT2D eigenvalue weighted by Gasteiger charge is 1.97. The average molecular weight is 209 g/mol. The highest BCUT2D eigenvalue weighted by atomic mass is 16.5. The zero-order valence-corrected chi connectivity index (χ0v) is 8.97. The Hall–Kier alpha value is -2.27. The van der Waals surface area contributed by atoms with Crippen molar-refractivity contribution in [2.24, 2.45) is 0 Å². The topological polar surface area (TPSA) is 33.0 Å². The SMILES string of the molecule is Cc1ccc(Oc2ccc(C#N)cc2)cc1. The van der Waals surface area contributed by atoms with E-state index < -0.39 is 0 Å². The predicted octanol–water partition coefficient (Wildman–Crippen LogP) is 3.66. The monoisotopic (exact) mass is 209 g/mol. The van der Waals surface area contributed by atoms with E-state index in [1.54, 1.807) is 24.3 Å². The minimum atomic E-state index is 0.635. The van der Waals surface area contributed by atoms with Crippen molar-refractivity contribution >= 4 is 0 Å². The maximum absolute atomic E-state index is 8.66. The molecule has 0 aromatic heterocycles. The first kappa shape index (κ1) is 10.3. The molecule has 0 aliphatic rings. The number of rotatable bonds is 2. The van der Waals surface area contributed by atoms with E-state index in [-0.39, 0.29) is 0 Å². The summed E-state index contributed by atoms with van der Waals surface area (Å²) in [5.41, 5.74) is 1.84. The Morgan fingerprint density at radius 1 is 0.875 bits per heavy atom. The van der Waals surface area contributed by atoms with Gasteiger partial charge >= 0.3 is 0 Å². The summed E-state index contributed by atoms with van der Waals surface area (Å²) in [6.07, 6.45) is 0. The number of aryl methyl sites for hydroxylation is 1. The van der Waals surface area contributed by atoms with E-state index in [2.05, 4.69) is 6.07 Å². The standard InChI is InChI=1S/C14H11NO/c1-11-2-6-13(7-3-11)16-14-8-4-12(10-15)5-9-14/h2-9H,1H3. The van der Waals surface area contributed by atoms with Crippen LogP contribution in [0.1, 0.15) is 11.1 Å². The first-order valence-corrected chi connectivity index (χ1v) is 5.02. The molecule has 0 aliphatic carbocycles. The Labute approximate surface area is 94.7 Å². The lowest BCUT2D eigenvalue weighted by Crippen LogP contribution is -1.84. The molecule has 0 radical (unpaired) electrons. The molecule has 2 nitrogen and oxygen atoms in total. The van der Waals surface area contributed by atoms with Crippen LogP contribution in [0.5, 0.6) is 11.5 Å². The molecule has 0 atom stereocenters. The van der Waals surface area contributed by atoms with Gasteiger partial charge in [0.25, 0.3) is 0 Å². The van der Waals surface area contributed by atoms with E-state index in [1.165, 1.54) is 5.56 Å². The Kier molecular flexibility index (Phi) is 2.88. The fraction of sp³-hybridized carbons (Fsp3) is 0.0714. The third kappa shape index (κ3) is 2.40. The summed E-state index contributed by atoms with van der Waals surface area (Å²) in [6.45, 7) is 2.03. The van der Waals surface area contributed by atoms with E-state index in [1.807, 2.05) is 31.2 Å². The molecule has 0 bridgehead atoms. The van der Waals surface area contributed by atoms with Crippen LogP contribution in [-0.4, -0.2) is 0 Å². The maximum Gasteiger partial charge on any atom is 0.127 e. The molecule has 0 saturated carbocycles. The van der Waals surface area contributed by atoms with Gasteiger partial charge in [-0.2, -0.15) is 5.26 Å². The van der Waals surface area contributed by atoms with Crippen molar-refractivity contribution in [1.29, 1.82) is 5.26 Å². The number of benzene rings is 2. The first-order valence-electron chi connectivity index (χ1n) is 5.02. The lowest BCUT2D eigenvalue weighted by atomic mass is 10.2. The van der Waals surface area contributed by atoms with E-state index in [9.17, 15) is 0 Å². The average Bonchev–Trinajstić information content (AvgIpc) is 2.33. The third-order valence-electron chi connectivity index (χ3n) is 2.24. The van der Waals surface area contributed by atoms with Gasteiger partial charge in [-0.1, -0.05) is 17.7 Å². The zero-order chi connectivity index (χ0) is 11.4. The normalized spacial score (nSPS) is 9.50. The molecule has 16 heavy (non-hydrogen) atoms. The van der Waals surface area contributed by atoms with Crippen LogP contribution in [-0.2, 0) is 0 Å². The molecule has 2 heteroatoms. The van der Waals surface area contributed by atoms with Crippen LogP contribution in [0.3, 0.4) is 0 Å².